The molecule has 0 saturated heterocycles. The second-order valence-electron chi connectivity index (χ2n) is 7.60. The molecule has 160 valence electrons. The van der Waals surface area contributed by atoms with Gasteiger partial charge in [-0.25, -0.2) is 14.0 Å². The van der Waals surface area contributed by atoms with Crippen molar-refractivity contribution in [1.29, 1.82) is 0 Å². The van der Waals surface area contributed by atoms with Crippen LogP contribution in [0.2, 0.25) is 0 Å². The monoisotopic (exact) mass is 416 g/mol. The number of halogens is 1. The Labute approximate surface area is 174 Å². The van der Waals surface area contributed by atoms with E-state index in [1.54, 1.807) is 32.9 Å². The van der Waals surface area contributed by atoms with E-state index in [9.17, 15) is 18.8 Å². The molecule has 0 fully saturated rings. The fourth-order valence-corrected chi connectivity index (χ4v) is 2.33. The molecular formula is C22H25FN2O5. The highest BCUT2D eigenvalue weighted by atomic mass is 19.1. The molecular weight excluding hydrogens is 391 g/mol. The highest BCUT2D eigenvalue weighted by Crippen LogP contribution is 2.14. The first kappa shape index (κ1) is 22.9. The number of rotatable bonds is 6. The average molecular weight is 416 g/mol. The molecule has 2 rings (SSSR count). The third-order valence-corrected chi connectivity index (χ3v) is 3.80. The van der Waals surface area contributed by atoms with Crippen molar-refractivity contribution < 1.29 is 28.2 Å². The Bertz CT molecular complexity index is 889. The van der Waals surface area contributed by atoms with Crippen molar-refractivity contribution in [3.8, 4) is 0 Å². The summed E-state index contributed by atoms with van der Waals surface area (Å²) in [7, 11) is 0. The molecule has 0 radical (unpaired) electrons. The predicted octanol–water partition coefficient (Wildman–Crippen LogP) is 4.03. The van der Waals surface area contributed by atoms with Gasteiger partial charge in [-0.3, -0.25) is 10.1 Å². The maximum atomic E-state index is 12.9. The first-order valence-corrected chi connectivity index (χ1v) is 9.37. The van der Waals surface area contributed by atoms with Gasteiger partial charge >= 0.3 is 12.1 Å². The van der Waals surface area contributed by atoms with Gasteiger partial charge in [0.2, 0.25) is 0 Å². The van der Waals surface area contributed by atoms with Gasteiger partial charge in [0.15, 0.2) is 6.10 Å². The molecule has 0 heterocycles. The summed E-state index contributed by atoms with van der Waals surface area (Å²) in [6.07, 6.45) is -1.62. The number of carbonyl (C=O) groups excluding carboxylic acids is 3. The summed E-state index contributed by atoms with van der Waals surface area (Å²) in [4.78, 5) is 36.1. The zero-order valence-electron chi connectivity index (χ0n) is 17.3. The molecule has 0 aliphatic heterocycles. The SMILES string of the molecule is C[C@@H](OC(=O)c1ccc(NC(=O)OC(C)(C)C)cc1)C(=O)NCc1ccc(F)cc1. The van der Waals surface area contributed by atoms with Crippen LogP contribution >= 0.6 is 0 Å². The maximum absolute atomic E-state index is 12.9. The Morgan fingerprint density at radius 2 is 1.60 bits per heavy atom. The van der Waals surface area contributed by atoms with Gasteiger partial charge in [0.25, 0.3) is 5.91 Å². The molecule has 7 nitrogen and oxygen atoms in total. The Balaban J connectivity index is 1.84. The van der Waals surface area contributed by atoms with Gasteiger partial charge < -0.3 is 14.8 Å². The van der Waals surface area contributed by atoms with E-state index in [-0.39, 0.29) is 17.9 Å². The van der Waals surface area contributed by atoms with Crippen molar-refractivity contribution in [3.63, 3.8) is 0 Å². The lowest BCUT2D eigenvalue weighted by molar-refractivity contribution is -0.129. The second-order valence-corrected chi connectivity index (χ2v) is 7.60. The Kier molecular flexibility index (Phi) is 7.52. The molecule has 30 heavy (non-hydrogen) atoms. The summed E-state index contributed by atoms with van der Waals surface area (Å²) in [6.45, 7) is 6.90. The number of esters is 1. The lowest BCUT2D eigenvalue weighted by atomic mass is 10.2. The molecule has 0 unspecified atom stereocenters. The lowest BCUT2D eigenvalue weighted by Gasteiger charge is -2.19. The van der Waals surface area contributed by atoms with Crippen molar-refractivity contribution in [1.82, 2.24) is 5.32 Å². The fourth-order valence-electron chi connectivity index (χ4n) is 2.33. The van der Waals surface area contributed by atoms with E-state index in [0.29, 0.717) is 5.69 Å². The van der Waals surface area contributed by atoms with Gasteiger partial charge in [0.1, 0.15) is 11.4 Å². The van der Waals surface area contributed by atoms with E-state index in [0.717, 1.165) is 5.56 Å². The Morgan fingerprint density at radius 1 is 1.00 bits per heavy atom. The number of anilines is 1. The van der Waals surface area contributed by atoms with E-state index in [1.807, 2.05) is 0 Å². The number of carbonyl (C=O) groups is 3. The molecule has 2 N–H and O–H groups in total. The molecule has 0 spiro atoms. The van der Waals surface area contributed by atoms with Crippen molar-refractivity contribution in [3.05, 3.63) is 65.5 Å². The normalized spacial score (nSPS) is 11.9. The highest BCUT2D eigenvalue weighted by molar-refractivity contribution is 5.93. The first-order valence-electron chi connectivity index (χ1n) is 9.37. The van der Waals surface area contributed by atoms with Crippen molar-refractivity contribution in [2.45, 2.75) is 45.9 Å². The quantitative estimate of drug-likeness (QED) is 0.694. The number of hydrogen-bond acceptors (Lipinski definition) is 5. The van der Waals surface area contributed by atoms with Crippen LogP contribution in [0, 0.1) is 5.82 Å². The predicted molar refractivity (Wildman–Crippen MR) is 109 cm³/mol. The van der Waals surface area contributed by atoms with Crippen LogP contribution in [0.4, 0.5) is 14.9 Å². The minimum Gasteiger partial charge on any atom is -0.449 e. The second kappa shape index (κ2) is 9.87. The fraction of sp³-hybridized carbons (Fsp3) is 0.318. The number of benzene rings is 2. The Morgan fingerprint density at radius 3 is 2.17 bits per heavy atom. The number of amides is 2. The largest absolute Gasteiger partial charge is 0.449 e. The van der Waals surface area contributed by atoms with E-state index in [1.165, 1.54) is 43.3 Å². The Hall–Kier alpha value is -3.42. The van der Waals surface area contributed by atoms with Crippen LogP contribution in [0.3, 0.4) is 0 Å². The number of ether oxygens (including phenoxy) is 2. The lowest BCUT2D eigenvalue weighted by Crippen LogP contribution is -2.35. The standard InChI is InChI=1S/C22H25FN2O5/c1-14(19(26)24-13-15-5-9-17(23)10-6-15)29-20(27)16-7-11-18(12-8-16)25-21(28)30-22(2,3)4/h5-12,14H,13H2,1-4H3,(H,24,26)(H,25,28)/t14-/m1/s1. The minimum atomic E-state index is -1.02. The van der Waals surface area contributed by atoms with Crippen LogP contribution in [0.25, 0.3) is 0 Å². The highest BCUT2D eigenvalue weighted by Gasteiger charge is 2.19. The zero-order chi connectivity index (χ0) is 22.3. The van der Waals surface area contributed by atoms with Crippen molar-refractivity contribution >= 4 is 23.7 Å². The van der Waals surface area contributed by atoms with Gasteiger partial charge in [-0.1, -0.05) is 12.1 Å². The van der Waals surface area contributed by atoms with E-state index < -0.39 is 29.7 Å². The summed E-state index contributed by atoms with van der Waals surface area (Å²) in [6, 6.07) is 11.7. The van der Waals surface area contributed by atoms with Crippen LogP contribution in [0.1, 0.15) is 43.6 Å². The molecule has 2 aromatic carbocycles. The summed E-state index contributed by atoms with van der Waals surface area (Å²) < 4.78 is 23.2. The summed E-state index contributed by atoms with van der Waals surface area (Å²) in [5, 5.41) is 5.18. The van der Waals surface area contributed by atoms with Crippen LogP contribution in [-0.2, 0) is 20.8 Å². The molecule has 2 amide bonds. The van der Waals surface area contributed by atoms with Crippen LogP contribution in [-0.4, -0.2) is 29.7 Å². The summed E-state index contributed by atoms with van der Waals surface area (Å²) in [5.74, 6) is -1.51. The number of hydrogen-bond donors (Lipinski definition) is 2. The molecule has 8 heteroatoms. The topological polar surface area (TPSA) is 93.7 Å². The van der Waals surface area contributed by atoms with E-state index >= 15 is 0 Å². The van der Waals surface area contributed by atoms with Crippen molar-refractivity contribution in [2.75, 3.05) is 5.32 Å². The minimum absolute atomic E-state index is 0.187. The third kappa shape index (κ3) is 7.54. The zero-order valence-corrected chi connectivity index (χ0v) is 17.3. The molecule has 0 aromatic heterocycles. The van der Waals surface area contributed by atoms with Crippen molar-refractivity contribution in [2.24, 2.45) is 0 Å². The maximum Gasteiger partial charge on any atom is 0.412 e. The van der Waals surface area contributed by atoms with E-state index in [4.69, 9.17) is 9.47 Å². The molecule has 1 atom stereocenters. The van der Waals surface area contributed by atoms with Gasteiger partial charge in [-0.2, -0.15) is 0 Å². The molecule has 0 saturated carbocycles. The van der Waals surface area contributed by atoms with Gasteiger partial charge in [0.05, 0.1) is 5.56 Å². The molecule has 2 aromatic rings. The van der Waals surface area contributed by atoms with Gasteiger partial charge in [0, 0.05) is 12.2 Å². The number of nitrogens with one attached hydrogen (secondary N) is 2. The summed E-state index contributed by atoms with van der Waals surface area (Å²) in [5.41, 5.74) is 0.770. The van der Waals surface area contributed by atoms with E-state index in [2.05, 4.69) is 10.6 Å². The first-order chi connectivity index (χ1) is 14.0. The van der Waals surface area contributed by atoms with Crippen LogP contribution in [0.15, 0.2) is 48.5 Å². The smallest absolute Gasteiger partial charge is 0.412 e. The van der Waals surface area contributed by atoms with Gasteiger partial charge in [-0.05, 0) is 69.7 Å². The van der Waals surface area contributed by atoms with Crippen LogP contribution < -0.4 is 10.6 Å². The van der Waals surface area contributed by atoms with Crippen LogP contribution in [0.5, 0.6) is 0 Å². The summed E-state index contributed by atoms with van der Waals surface area (Å²) >= 11 is 0. The molecule has 0 aliphatic carbocycles. The molecule has 0 bridgehead atoms. The molecule has 0 aliphatic rings. The van der Waals surface area contributed by atoms with Gasteiger partial charge in [-0.15, -0.1) is 0 Å². The average Bonchev–Trinajstić information content (AvgIpc) is 2.66. The third-order valence-electron chi connectivity index (χ3n) is 3.80.